The fourth-order valence-corrected chi connectivity index (χ4v) is 14.8. The first-order chi connectivity index (χ1) is 6.73. The van der Waals surface area contributed by atoms with E-state index in [0.717, 1.165) is 5.82 Å². The van der Waals surface area contributed by atoms with Crippen molar-refractivity contribution in [1.82, 2.24) is 9.97 Å². The van der Waals surface area contributed by atoms with E-state index in [-0.39, 0.29) is 0 Å². The van der Waals surface area contributed by atoms with Crippen LogP contribution in [0.3, 0.4) is 0 Å². The Morgan fingerprint density at radius 3 is 1.60 bits per heavy atom. The molecule has 0 unspecified atom stereocenters. The van der Waals surface area contributed by atoms with Crippen LogP contribution >= 0.6 is 0 Å². The summed E-state index contributed by atoms with van der Waals surface area (Å²) in [5, 5.41) is 0.645. The minimum atomic E-state index is -1.23. The van der Waals surface area contributed by atoms with Gasteiger partial charge in [0.15, 0.2) is 0 Å². The molecular formula is C11H22N2Si2. The summed E-state index contributed by atoms with van der Waals surface area (Å²) < 4.78 is 0. The molecule has 2 nitrogen and oxygen atoms in total. The summed E-state index contributed by atoms with van der Waals surface area (Å²) in [6, 6.07) is 1.90. The van der Waals surface area contributed by atoms with Gasteiger partial charge in [-0.05, 0) is 6.07 Å². The number of hydrogen-bond donors (Lipinski definition) is 0. The van der Waals surface area contributed by atoms with Crippen molar-refractivity contribution < 1.29 is 0 Å². The highest BCUT2D eigenvalue weighted by atomic mass is 28.4. The summed E-state index contributed by atoms with van der Waals surface area (Å²) in [7, 11) is -2.45. The second-order valence-corrected chi connectivity index (χ2v) is 17.5. The van der Waals surface area contributed by atoms with Gasteiger partial charge in [-0.1, -0.05) is 39.3 Å². The minimum Gasteiger partial charge on any atom is -0.242 e. The predicted octanol–water partition coefficient (Wildman–Crippen LogP) is 3.32. The molecule has 0 fully saturated rings. The lowest BCUT2D eigenvalue weighted by Gasteiger charge is -2.36. The Hall–Kier alpha value is -0.486. The van der Waals surface area contributed by atoms with E-state index in [2.05, 4.69) is 49.3 Å². The van der Waals surface area contributed by atoms with E-state index in [0.29, 0.717) is 5.16 Å². The van der Waals surface area contributed by atoms with Gasteiger partial charge in [0.05, 0.1) is 16.1 Å². The SMILES string of the molecule is C[Si](C)(C)C(c1ncccn1)[Si](C)(C)C. The Labute approximate surface area is 95.2 Å². The Morgan fingerprint density at radius 1 is 0.867 bits per heavy atom. The van der Waals surface area contributed by atoms with Crippen LogP contribution in [0.1, 0.15) is 11.0 Å². The first kappa shape index (κ1) is 12.6. The van der Waals surface area contributed by atoms with Crippen LogP contribution in [0, 0.1) is 0 Å². The normalized spacial score (nSPS) is 13.3. The molecule has 0 saturated heterocycles. The summed E-state index contributed by atoms with van der Waals surface area (Å²) in [6.45, 7) is 14.5. The van der Waals surface area contributed by atoms with Crippen LogP contribution in [-0.4, -0.2) is 26.1 Å². The van der Waals surface area contributed by atoms with E-state index >= 15 is 0 Å². The van der Waals surface area contributed by atoms with E-state index in [1.54, 1.807) is 0 Å². The molecule has 0 spiro atoms. The lowest BCUT2D eigenvalue weighted by Crippen LogP contribution is -2.47. The zero-order valence-corrected chi connectivity index (χ0v) is 12.7. The molecule has 15 heavy (non-hydrogen) atoms. The Balaban J connectivity index is 3.15. The third-order valence-corrected chi connectivity index (χ3v) is 11.8. The van der Waals surface area contributed by atoms with Gasteiger partial charge in [-0.2, -0.15) is 0 Å². The third-order valence-electron chi connectivity index (χ3n) is 2.58. The second-order valence-electron chi connectivity index (χ2n) is 6.27. The summed E-state index contributed by atoms with van der Waals surface area (Å²) in [5.41, 5.74) is 0. The van der Waals surface area contributed by atoms with E-state index in [9.17, 15) is 0 Å². The molecule has 0 radical (unpaired) electrons. The van der Waals surface area contributed by atoms with Crippen molar-refractivity contribution in [2.45, 2.75) is 44.4 Å². The van der Waals surface area contributed by atoms with Crippen LogP contribution < -0.4 is 0 Å². The van der Waals surface area contributed by atoms with Crippen molar-refractivity contribution in [2.24, 2.45) is 0 Å². The van der Waals surface area contributed by atoms with E-state index < -0.39 is 16.1 Å². The van der Waals surface area contributed by atoms with E-state index in [4.69, 9.17) is 0 Å². The largest absolute Gasteiger partial charge is 0.242 e. The average Bonchev–Trinajstić information content (AvgIpc) is 2.00. The molecule has 0 aliphatic heterocycles. The van der Waals surface area contributed by atoms with Gasteiger partial charge in [-0.3, -0.25) is 0 Å². The lowest BCUT2D eigenvalue weighted by atomic mass is 10.6. The smallest absolute Gasteiger partial charge is 0.125 e. The Morgan fingerprint density at radius 2 is 1.27 bits per heavy atom. The first-order valence-corrected chi connectivity index (χ1v) is 12.7. The van der Waals surface area contributed by atoms with Gasteiger partial charge in [-0.25, -0.2) is 9.97 Å². The maximum atomic E-state index is 4.47. The molecule has 84 valence electrons. The quantitative estimate of drug-likeness (QED) is 0.755. The standard InChI is InChI=1S/C11H22N2Si2/c1-14(2,3)11(15(4,5)6)10-12-8-7-9-13-10/h7-9,11H,1-6H3. The summed E-state index contributed by atoms with van der Waals surface area (Å²) in [4.78, 5) is 8.94. The number of rotatable bonds is 3. The topological polar surface area (TPSA) is 25.8 Å². The molecule has 0 aliphatic carbocycles. The average molecular weight is 238 g/mol. The van der Waals surface area contributed by atoms with Crippen LogP contribution in [0.2, 0.25) is 39.3 Å². The van der Waals surface area contributed by atoms with Gasteiger partial charge in [-0.15, -0.1) is 0 Å². The van der Waals surface area contributed by atoms with Crippen molar-refractivity contribution in [3.8, 4) is 0 Å². The van der Waals surface area contributed by atoms with Crippen LogP contribution in [0.15, 0.2) is 18.5 Å². The molecule has 1 rings (SSSR count). The molecule has 1 aromatic heterocycles. The maximum Gasteiger partial charge on any atom is 0.125 e. The fourth-order valence-electron chi connectivity index (χ4n) is 2.53. The first-order valence-electron chi connectivity index (χ1n) is 5.50. The summed E-state index contributed by atoms with van der Waals surface area (Å²) >= 11 is 0. The Bertz CT molecular complexity index is 298. The number of nitrogens with zero attached hydrogens (tertiary/aromatic N) is 2. The van der Waals surface area contributed by atoms with Crippen LogP contribution in [0.25, 0.3) is 0 Å². The van der Waals surface area contributed by atoms with Gasteiger partial charge in [0.25, 0.3) is 0 Å². The van der Waals surface area contributed by atoms with Gasteiger partial charge in [0.1, 0.15) is 5.82 Å². The van der Waals surface area contributed by atoms with Crippen molar-refractivity contribution in [1.29, 1.82) is 0 Å². The predicted molar refractivity (Wildman–Crippen MR) is 71.5 cm³/mol. The highest BCUT2D eigenvalue weighted by molar-refractivity contribution is 6.96. The van der Waals surface area contributed by atoms with E-state index in [1.807, 2.05) is 18.5 Å². The van der Waals surface area contributed by atoms with Crippen molar-refractivity contribution >= 4 is 16.1 Å². The van der Waals surface area contributed by atoms with Crippen LogP contribution in [-0.2, 0) is 0 Å². The molecule has 4 heteroatoms. The van der Waals surface area contributed by atoms with E-state index in [1.165, 1.54) is 0 Å². The molecule has 0 saturated carbocycles. The minimum absolute atomic E-state index is 0.645. The summed E-state index contributed by atoms with van der Waals surface area (Å²) in [6.07, 6.45) is 3.74. The zero-order chi connectivity index (χ0) is 11.7. The molecule has 0 aliphatic rings. The molecular weight excluding hydrogens is 216 g/mol. The Kier molecular flexibility index (Phi) is 3.50. The molecule has 0 N–H and O–H groups in total. The van der Waals surface area contributed by atoms with Gasteiger partial charge in [0.2, 0.25) is 0 Å². The molecule has 1 heterocycles. The zero-order valence-electron chi connectivity index (χ0n) is 10.7. The molecule has 0 atom stereocenters. The molecule has 0 bridgehead atoms. The number of hydrogen-bond acceptors (Lipinski definition) is 2. The van der Waals surface area contributed by atoms with Gasteiger partial charge >= 0.3 is 0 Å². The second kappa shape index (κ2) is 4.17. The van der Waals surface area contributed by atoms with Crippen molar-refractivity contribution in [3.63, 3.8) is 0 Å². The van der Waals surface area contributed by atoms with Crippen LogP contribution in [0.4, 0.5) is 0 Å². The highest BCUT2D eigenvalue weighted by Gasteiger charge is 2.40. The highest BCUT2D eigenvalue weighted by Crippen LogP contribution is 2.33. The monoisotopic (exact) mass is 238 g/mol. The van der Waals surface area contributed by atoms with Gasteiger partial charge < -0.3 is 0 Å². The number of aromatic nitrogens is 2. The van der Waals surface area contributed by atoms with Gasteiger partial charge in [0, 0.05) is 17.6 Å². The van der Waals surface area contributed by atoms with Crippen LogP contribution in [0.5, 0.6) is 0 Å². The van der Waals surface area contributed by atoms with Crippen molar-refractivity contribution in [2.75, 3.05) is 0 Å². The molecule has 0 amide bonds. The summed E-state index contributed by atoms with van der Waals surface area (Å²) in [5.74, 6) is 1.08. The molecule has 1 aromatic rings. The maximum absolute atomic E-state index is 4.47. The van der Waals surface area contributed by atoms with Crippen molar-refractivity contribution in [3.05, 3.63) is 24.3 Å². The lowest BCUT2D eigenvalue weighted by molar-refractivity contribution is 0.962. The third kappa shape index (κ3) is 3.24. The molecule has 0 aromatic carbocycles. The fraction of sp³-hybridized carbons (Fsp3) is 0.636.